The van der Waals surface area contributed by atoms with Gasteiger partial charge in [-0.1, -0.05) is 11.3 Å². The van der Waals surface area contributed by atoms with Gasteiger partial charge in [0.1, 0.15) is 6.61 Å². The maximum absolute atomic E-state index is 5.78. The highest BCUT2D eigenvalue weighted by atomic mass is 32.1. The number of nitrogen functional groups attached to an aromatic ring is 1. The van der Waals surface area contributed by atoms with Crippen molar-refractivity contribution < 1.29 is 4.74 Å². The summed E-state index contributed by atoms with van der Waals surface area (Å²) in [6, 6.07) is 5.71. The van der Waals surface area contributed by atoms with Gasteiger partial charge in [0.25, 0.3) is 5.19 Å². The molecule has 4 nitrogen and oxygen atoms in total. The molecule has 0 unspecified atom stereocenters. The van der Waals surface area contributed by atoms with Crippen molar-refractivity contribution in [2.24, 2.45) is 0 Å². The van der Waals surface area contributed by atoms with Crippen LogP contribution in [0.4, 0.5) is 5.69 Å². The van der Waals surface area contributed by atoms with E-state index in [4.69, 9.17) is 10.5 Å². The number of fused-ring (bicyclic) bond motifs is 1. The van der Waals surface area contributed by atoms with E-state index in [-0.39, 0.29) is 5.54 Å². The molecular formula is C13H19N3OS. The van der Waals surface area contributed by atoms with Gasteiger partial charge >= 0.3 is 0 Å². The molecule has 0 atom stereocenters. The molecule has 5 heteroatoms. The fourth-order valence-corrected chi connectivity index (χ4v) is 2.21. The third kappa shape index (κ3) is 2.73. The zero-order valence-electron chi connectivity index (χ0n) is 11.2. The number of hydrogen-bond acceptors (Lipinski definition) is 5. The average molecular weight is 265 g/mol. The number of likely N-dealkylation sites (N-methyl/N-ethyl adjacent to an activating group) is 1. The molecule has 0 radical (unpaired) electrons. The second-order valence-electron chi connectivity index (χ2n) is 5.20. The normalized spacial score (nSPS) is 12.3. The molecule has 0 amide bonds. The molecule has 0 spiro atoms. The van der Waals surface area contributed by atoms with Crippen LogP contribution in [0.2, 0.25) is 0 Å². The molecule has 1 aromatic carbocycles. The highest BCUT2D eigenvalue weighted by molar-refractivity contribution is 7.20. The monoisotopic (exact) mass is 265 g/mol. The number of hydrogen-bond donors (Lipinski definition) is 1. The largest absolute Gasteiger partial charge is 0.468 e. The van der Waals surface area contributed by atoms with Gasteiger partial charge in [-0.15, -0.1) is 0 Å². The Morgan fingerprint density at radius 2 is 2.11 bits per heavy atom. The summed E-state index contributed by atoms with van der Waals surface area (Å²) in [5.74, 6) is 0. The highest BCUT2D eigenvalue weighted by Crippen LogP contribution is 2.29. The molecule has 2 N–H and O–H groups in total. The van der Waals surface area contributed by atoms with E-state index in [9.17, 15) is 0 Å². The van der Waals surface area contributed by atoms with Gasteiger partial charge in [-0.2, -0.15) is 0 Å². The molecule has 2 rings (SSSR count). The van der Waals surface area contributed by atoms with Crippen LogP contribution in [-0.2, 0) is 0 Å². The number of aromatic nitrogens is 1. The molecule has 1 aromatic heterocycles. The topological polar surface area (TPSA) is 51.4 Å². The first-order valence-electron chi connectivity index (χ1n) is 5.85. The molecule has 0 aliphatic rings. The van der Waals surface area contributed by atoms with Crippen molar-refractivity contribution in [1.82, 2.24) is 9.88 Å². The maximum atomic E-state index is 5.78. The summed E-state index contributed by atoms with van der Waals surface area (Å²) in [5, 5.41) is 0.700. The Kier molecular flexibility index (Phi) is 3.45. The number of anilines is 1. The Morgan fingerprint density at radius 1 is 1.39 bits per heavy atom. The lowest BCUT2D eigenvalue weighted by molar-refractivity contribution is 0.114. The van der Waals surface area contributed by atoms with E-state index in [0.717, 1.165) is 15.9 Å². The van der Waals surface area contributed by atoms with Crippen molar-refractivity contribution in [3.05, 3.63) is 18.2 Å². The predicted molar refractivity (Wildman–Crippen MR) is 77.3 cm³/mol. The number of nitrogens with zero attached hydrogens (tertiary/aromatic N) is 2. The lowest BCUT2D eigenvalue weighted by Gasteiger charge is -2.31. The van der Waals surface area contributed by atoms with Gasteiger partial charge in [0.2, 0.25) is 0 Å². The summed E-state index contributed by atoms with van der Waals surface area (Å²) in [4.78, 5) is 6.58. The van der Waals surface area contributed by atoms with E-state index >= 15 is 0 Å². The van der Waals surface area contributed by atoms with Crippen molar-refractivity contribution in [1.29, 1.82) is 0 Å². The average Bonchev–Trinajstić information content (AvgIpc) is 2.68. The summed E-state index contributed by atoms with van der Waals surface area (Å²) in [7, 11) is 4.09. The number of ether oxygens (including phenoxy) is 1. The summed E-state index contributed by atoms with van der Waals surface area (Å²) in [6.07, 6.45) is 0. The van der Waals surface area contributed by atoms with Gasteiger partial charge in [0, 0.05) is 11.2 Å². The van der Waals surface area contributed by atoms with Gasteiger partial charge in [-0.05, 0) is 46.1 Å². The van der Waals surface area contributed by atoms with Gasteiger partial charge in [-0.3, -0.25) is 0 Å². The van der Waals surface area contributed by atoms with Crippen LogP contribution in [0.25, 0.3) is 10.2 Å². The Bertz CT molecular complexity index is 548. The smallest absolute Gasteiger partial charge is 0.274 e. The van der Waals surface area contributed by atoms with Crippen molar-refractivity contribution in [3.63, 3.8) is 0 Å². The van der Waals surface area contributed by atoms with E-state index < -0.39 is 0 Å². The molecule has 0 aliphatic heterocycles. The van der Waals surface area contributed by atoms with Crippen LogP contribution in [-0.4, -0.2) is 36.1 Å². The van der Waals surface area contributed by atoms with Crippen LogP contribution in [0.3, 0.4) is 0 Å². The van der Waals surface area contributed by atoms with E-state index in [1.165, 1.54) is 11.3 Å². The van der Waals surface area contributed by atoms with Crippen LogP contribution in [0, 0.1) is 0 Å². The van der Waals surface area contributed by atoms with E-state index in [0.29, 0.717) is 11.8 Å². The number of thiazole rings is 1. The molecule has 2 aromatic rings. The van der Waals surface area contributed by atoms with Gasteiger partial charge in [0.05, 0.1) is 10.2 Å². The first-order valence-corrected chi connectivity index (χ1v) is 6.66. The summed E-state index contributed by atoms with van der Waals surface area (Å²) >= 11 is 1.53. The molecule has 0 saturated carbocycles. The minimum absolute atomic E-state index is 0.0170. The van der Waals surface area contributed by atoms with Crippen LogP contribution in [0.1, 0.15) is 13.8 Å². The molecule has 0 bridgehead atoms. The highest BCUT2D eigenvalue weighted by Gasteiger charge is 2.22. The van der Waals surface area contributed by atoms with Crippen LogP contribution < -0.4 is 10.5 Å². The SMILES string of the molecule is CN(C)C(C)(C)COc1nc2ccc(N)cc2s1. The molecule has 0 fully saturated rings. The first-order chi connectivity index (χ1) is 8.38. The lowest BCUT2D eigenvalue weighted by Crippen LogP contribution is -2.43. The van der Waals surface area contributed by atoms with Gasteiger partial charge in [-0.25, -0.2) is 4.98 Å². The Morgan fingerprint density at radius 3 is 2.78 bits per heavy atom. The van der Waals surface area contributed by atoms with Crippen LogP contribution >= 0.6 is 11.3 Å². The molecule has 1 heterocycles. The minimum atomic E-state index is -0.0170. The van der Waals surface area contributed by atoms with Crippen LogP contribution in [0.5, 0.6) is 5.19 Å². The van der Waals surface area contributed by atoms with E-state index in [1.807, 2.05) is 32.3 Å². The number of benzene rings is 1. The Labute approximate surface area is 111 Å². The second kappa shape index (κ2) is 4.74. The molecule has 18 heavy (non-hydrogen) atoms. The van der Waals surface area contributed by atoms with E-state index in [1.54, 1.807) is 0 Å². The van der Waals surface area contributed by atoms with Crippen molar-refractivity contribution in [3.8, 4) is 5.19 Å². The Balaban J connectivity index is 2.13. The quantitative estimate of drug-likeness (QED) is 0.863. The van der Waals surface area contributed by atoms with Crippen molar-refractivity contribution in [2.45, 2.75) is 19.4 Å². The maximum Gasteiger partial charge on any atom is 0.274 e. The zero-order chi connectivity index (χ0) is 13.3. The van der Waals surface area contributed by atoms with Crippen molar-refractivity contribution >= 4 is 27.2 Å². The minimum Gasteiger partial charge on any atom is -0.468 e. The first kappa shape index (κ1) is 13.1. The summed E-state index contributed by atoms with van der Waals surface area (Å²) in [6.45, 7) is 4.88. The summed E-state index contributed by atoms with van der Waals surface area (Å²) in [5.41, 5.74) is 7.42. The molecule has 98 valence electrons. The third-order valence-corrected chi connectivity index (χ3v) is 4.08. The fraction of sp³-hybridized carbons (Fsp3) is 0.462. The molecular weight excluding hydrogens is 246 g/mol. The molecule has 0 saturated heterocycles. The number of nitrogens with two attached hydrogens (primary N) is 1. The standard InChI is InChI=1S/C13H19N3OS/c1-13(2,16(3)4)8-17-12-15-10-6-5-9(14)7-11(10)18-12/h5-7H,8,14H2,1-4H3. The Hall–Kier alpha value is -1.33. The second-order valence-corrected chi connectivity index (χ2v) is 6.20. The molecule has 0 aliphatic carbocycles. The van der Waals surface area contributed by atoms with Gasteiger partial charge < -0.3 is 15.4 Å². The number of rotatable bonds is 4. The van der Waals surface area contributed by atoms with Crippen molar-refractivity contribution in [2.75, 3.05) is 26.4 Å². The summed E-state index contributed by atoms with van der Waals surface area (Å²) < 4.78 is 6.84. The zero-order valence-corrected chi connectivity index (χ0v) is 12.0. The van der Waals surface area contributed by atoms with Gasteiger partial charge in [0.15, 0.2) is 0 Å². The van der Waals surface area contributed by atoms with Crippen LogP contribution in [0.15, 0.2) is 18.2 Å². The fourth-order valence-electron chi connectivity index (χ4n) is 1.35. The lowest BCUT2D eigenvalue weighted by atomic mass is 10.1. The third-order valence-electron chi connectivity index (χ3n) is 3.15. The predicted octanol–water partition coefficient (Wildman–Crippen LogP) is 2.60. The van der Waals surface area contributed by atoms with E-state index in [2.05, 4.69) is 23.7 Å².